The van der Waals surface area contributed by atoms with E-state index in [2.05, 4.69) is 50.4 Å². The van der Waals surface area contributed by atoms with Gasteiger partial charge < -0.3 is 15.0 Å². The van der Waals surface area contributed by atoms with Gasteiger partial charge in [-0.25, -0.2) is 0 Å². The highest BCUT2D eigenvalue weighted by Crippen LogP contribution is 2.33. The molecule has 1 aliphatic rings. The average Bonchev–Trinajstić information content (AvgIpc) is 2.70. The maximum Gasteiger partial charge on any atom is 0.262 e. The molecule has 0 saturated heterocycles. The number of para-hydroxylation sites is 2. The maximum atomic E-state index is 13.0. The Morgan fingerprint density at radius 1 is 1.11 bits per heavy atom. The van der Waals surface area contributed by atoms with Crippen molar-refractivity contribution in [3.05, 3.63) is 59.7 Å². The largest absolute Gasteiger partial charge is 0.477 e. The van der Waals surface area contributed by atoms with E-state index in [1.807, 2.05) is 18.2 Å². The molecule has 0 aromatic heterocycles. The van der Waals surface area contributed by atoms with Crippen molar-refractivity contribution in [2.75, 3.05) is 18.5 Å². The summed E-state index contributed by atoms with van der Waals surface area (Å²) in [6, 6.07) is 15.8. The van der Waals surface area contributed by atoms with Crippen LogP contribution in [-0.2, 0) is 21.4 Å². The second-order valence-electron chi connectivity index (χ2n) is 8.14. The molecule has 0 aliphatic carbocycles. The zero-order valence-corrected chi connectivity index (χ0v) is 17.0. The number of hydrogen-bond acceptors (Lipinski definition) is 3. The second kappa shape index (κ2) is 8.05. The number of likely N-dealkylation sites (N-methyl/N-ethyl adjacent to an activating group) is 1. The topological polar surface area (TPSA) is 58.6 Å². The summed E-state index contributed by atoms with van der Waals surface area (Å²) >= 11 is 0. The van der Waals surface area contributed by atoms with Crippen LogP contribution in [0.25, 0.3) is 0 Å². The molecule has 5 heteroatoms. The minimum Gasteiger partial charge on any atom is -0.477 e. The van der Waals surface area contributed by atoms with Gasteiger partial charge in [-0.05, 0) is 35.1 Å². The van der Waals surface area contributed by atoms with Gasteiger partial charge in [0.25, 0.3) is 5.91 Å². The van der Waals surface area contributed by atoms with E-state index >= 15 is 0 Å². The molecule has 1 heterocycles. The molecule has 28 heavy (non-hydrogen) atoms. The Kier molecular flexibility index (Phi) is 5.73. The minimum atomic E-state index is -0.699. The number of nitrogens with zero attached hydrogens (tertiary/aromatic N) is 1. The highest BCUT2D eigenvalue weighted by atomic mass is 16.5. The molecule has 5 nitrogen and oxygen atoms in total. The first-order chi connectivity index (χ1) is 13.3. The van der Waals surface area contributed by atoms with Gasteiger partial charge in [0.2, 0.25) is 5.91 Å². The highest BCUT2D eigenvalue weighted by molar-refractivity contribution is 5.97. The van der Waals surface area contributed by atoms with Crippen molar-refractivity contribution in [1.82, 2.24) is 5.32 Å². The fourth-order valence-electron chi connectivity index (χ4n) is 3.33. The Hall–Kier alpha value is -2.82. The molecular formula is C23H28N2O3. The molecule has 3 rings (SSSR count). The number of carbonyl (C=O) groups is 2. The molecule has 2 amide bonds. The van der Waals surface area contributed by atoms with Crippen LogP contribution in [0, 0.1) is 0 Å². The quantitative estimate of drug-likeness (QED) is 0.884. The molecule has 148 valence electrons. The molecular weight excluding hydrogens is 352 g/mol. The van der Waals surface area contributed by atoms with Crippen LogP contribution in [0.2, 0.25) is 0 Å². The lowest BCUT2D eigenvalue weighted by atomic mass is 9.86. The number of benzene rings is 2. The van der Waals surface area contributed by atoms with E-state index in [0.717, 1.165) is 11.3 Å². The lowest BCUT2D eigenvalue weighted by Crippen LogP contribution is -2.50. The number of hydrogen-bond donors (Lipinski definition) is 1. The lowest BCUT2D eigenvalue weighted by Gasteiger charge is -2.34. The van der Waals surface area contributed by atoms with Crippen LogP contribution in [0.5, 0.6) is 5.75 Å². The Labute approximate surface area is 166 Å². The molecule has 1 atom stereocenters. The molecule has 0 unspecified atom stereocenters. The summed E-state index contributed by atoms with van der Waals surface area (Å²) in [5.41, 5.74) is 3.24. The molecule has 1 aliphatic heterocycles. The fourth-order valence-corrected chi connectivity index (χ4v) is 3.33. The Bertz CT molecular complexity index is 853. The van der Waals surface area contributed by atoms with Gasteiger partial charge in [0.05, 0.1) is 12.2 Å². The van der Waals surface area contributed by atoms with Gasteiger partial charge in [0.15, 0.2) is 6.10 Å². The summed E-state index contributed by atoms with van der Waals surface area (Å²) in [5, 5.41) is 2.60. The molecule has 0 radical (unpaired) electrons. The predicted molar refractivity (Wildman–Crippen MR) is 111 cm³/mol. The van der Waals surface area contributed by atoms with E-state index in [4.69, 9.17) is 4.74 Å². The van der Waals surface area contributed by atoms with Crippen molar-refractivity contribution < 1.29 is 14.3 Å². The van der Waals surface area contributed by atoms with E-state index < -0.39 is 6.10 Å². The van der Waals surface area contributed by atoms with Crippen molar-refractivity contribution in [1.29, 1.82) is 0 Å². The Morgan fingerprint density at radius 2 is 1.79 bits per heavy atom. The number of carbonyl (C=O) groups excluding carboxylic acids is 2. The normalized spacial score (nSPS) is 16.1. The first-order valence-corrected chi connectivity index (χ1v) is 9.66. The number of amides is 2. The monoisotopic (exact) mass is 380 g/mol. The fraction of sp³-hybridized carbons (Fsp3) is 0.391. The summed E-state index contributed by atoms with van der Waals surface area (Å²) < 4.78 is 5.77. The number of fused-ring (bicyclic) bond motifs is 1. The minimum absolute atomic E-state index is 0.00968. The van der Waals surface area contributed by atoms with E-state index in [1.165, 1.54) is 5.56 Å². The van der Waals surface area contributed by atoms with Crippen molar-refractivity contribution in [3.8, 4) is 5.75 Å². The summed E-state index contributed by atoms with van der Waals surface area (Å²) in [6.45, 7) is 6.78. The Balaban J connectivity index is 1.71. The summed E-state index contributed by atoms with van der Waals surface area (Å²) in [5.74, 6) is 0.319. The second-order valence-corrected chi connectivity index (χ2v) is 8.14. The molecule has 0 spiro atoms. The standard InChI is InChI=1S/C23H28N2O3/c1-23(2,3)17-12-9-16(10-13-17)11-14-21(26)25-15-20(22(27)24-4)28-19-8-6-5-7-18(19)25/h5-10,12-13,20H,11,14-15H2,1-4H3,(H,24,27)/t20-/m1/s1. The van der Waals surface area contributed by atoms with Crippen LogP contribution in [0.15, 0.2) is 48.5 Å². The molecule has 0 fully saturated rings. The maximum absolute atomic E-state index is 13.0. The summed E-state index contributed by atoms with van der Waals surface area (Å²) in [6.07, 6.45) is 0.340. The van der Waals surface area contributed by atoms with Crippen molar-refractivity contribution in [2.45, 2.75) is 45.1 Å². The van der Waals surface area contributed by atoms with E-state index in [0.29, 0.717) is 18.6 Å². The number of rotatable bonds is 4. The van der Waals surface area contributed by atoms with Gasteiger partial charge in [-0.1, -0.05) is 57.2 Å². The van der Waals surface area contributed by atoms with Gasteiger partial charge in [0, 0.05) is 13.5 Å². The number of ether oxygens (including phenoxy) is 1. The van der Waals surface area contributed by atoms with Gasteiger partial charge in [0.1, 0.15) is 5.75 Å². The summed E-state index contributed by atoms with van der Waals surface area (Å²) in [4.78, 5) is 26.7. The molecule has 0 saturated carbocycles. The van der Waals surface area contributed by atoms with Crippen LogP contribution < -0.4 is 15.0 Å². The van der Waals surface area contributed by atoms with Gasteiger partial charge in [-0.2, -0.15) is 0 Å². The van der Waals surface area contributed by atoms with Crippen molar-refractivity contribution in [3.63, 3.8) is 0 Å². The van der Waals surface area contributed by atoms with Gasteiger partial charge in [-0.3, -0.25) is 9.59 Å². The van der Waals surface area contributed by atoms with Crippen LogP contribution in [0.4, 0.5) is 5.69 Å². The van der Waals surface area contributed by atoms with E-state index in [9.17, 15) is 9.59 Å². The first kappa shape index (κ1) is 19.9. The van der Waals surface area contributed by atoms with Crippen LogP contribution in [-0.4, -0.2) is 31.5 Å². The lowest BCUT2D eigenvalue weighted by molar-refractivity contribution is -0.127. The predicted octanol–water partition coefficient (Wildman–Crippen LogP) is 3.46. The molecule has 2 aromatic carbocycles. The van der Waals surface area contributed by atoms with Crippen molar-refractivity contribution in [2.24, 2.45) is 0 Å². The SMILES string of the molecule is CNC(=O)[C@H]1CN(C(=O)CCc2ccc(C(C)(C)C)cc2)c2ccccc2O1. The molecule has 1 N–H and O–H groups in total. The van der Waals surface area contributed by atoms with Crippen LogP contribution >= 0.6 is 0 Å². The third kappa shape index (κ3) is 4.35. The number of anilines is 1. The summed E-state index contributed by atoms with van der Waals surface area (Å²) in [7, 11) is 1.57. The third-order valence-electron chi connectivity index (χ3n) is 5.06. The first-order valence-electron chi connectivity index (χ1n) is 9.66. The van der Waals surface area contributed by atoms with E-state index in [-0.39, 0.29) is 23.8 Å². The van der Waals surface area contributed by atoms with Crippen LogP contribution in [0.3, 0.4) is 0 Å². The number of aryl methyl sites for hydroxylation is 1. The smallest absolute Gasteiger partial charge is 0.262 e. The van der Waals surface area contributed by atoms with E-state index in [1.54, 1.807) is 18.0 Å². The zero-order valence-electron chi connectivity index (χ0n) is 17.0. The number of nitrogens with one attached hydrogen (secondary N) is 1. The molecule has 2 aromatic rings. The molecule has 0 bridgehead atoms. The van der Waals surface area contributed by atoms with Crippen LogP contribution in [0.1, 0.15) is 38.3 Å². The third-order valence-corrected chi connectivity index (χ3v) is 5.06. The van der Waals surface area contributed by atoms with Gasteiger partial charge in [-0.15, -0.1) is 0 Å². The van der Waals surface area contributed by atoms with Gasteiger partial charge >= 0.3 is 0 Å². The van der Waals surface area contributed by atoms with Crippen molar-refractivity contribution >= 4 is 17.5 Å². The Morgan fingerprint density at radius 3 is 2.43 bits per heavy atom. The average molecular weight is 380 g/mol. The highest BCUT2D eigenvalue weighted by Gasteiger charge is 2.33. The zero-order chi connectivity index (χ0) is 20.3.